The molecule has 42 nitrogen and oxygen atoms in total. The van der Waals surface area contributed by atoms with E-state index >= 15 is 0 Å². The zero-order chi connectivity index (χ0) is 68.0. The van der Waals surface area contributed by atoms with E-state index in [0.717, 1.165) is 14.0 Å². The van der Waals surface area contributed by atoms with E-state index in [-0.39, 0.29) is 25.9 Å². The summed E-state index contributed by atoms with van der Waals surface area (Å²) in [5, 5.41) is 168. The molecule has 0 aromatic rings. The van der Waals surface area contributed by atoms with Crippen LogP contribution in [-0.2, 0) is 114 Å². The van der Waals surface area contributed by atoms with Crippen LogP contribution in [-0.4, -0.2) is 363 Å². The van der Waals surface area contributed by atoms with Gasteiger partial charge >= 0.3 is 12.1 Å². The first-order chi connectivity index (χ1) is 43.5. The molecule has 45 heteroatoms. The van der Waals surface area contributed by atoms with Gasteiger partial charge in [0, 0.05) is 14.0 Å². The summed E-state index contributed by atoms with van der Waals surface area (Å²) in [5.41, 5.74) is 6.17. The van der Waals surface area contributed by atoms with Gasteiger partial charge in [0.05, 0.1) is 25.9 Å². The molecular formula is C47H70F3N3O39. The van der Waals surface area contributed by atoms with Gasteiger partial charge in [-0.05, 0) is 0 Å². The van der Waals surface area contributed by atoms with Crippen LogP contribution in [0.2, 0.25) is 0 Å². The van der Waals surface area contributed by atoms with Crippen molar-refractivity contribution < 1.29 is 204 Å². The Morgan fingerprint density at radius 3 is 1.18 bits per heavy atom. The van der Waals surface area contributed by atoms with E-state index in [1.165, 1.54) is 5.32 Å². The van der Waals surface area contributed by atoms with E-state index in [2.05, 4.69) is 10.1 Å². The van der Waals surface area contributed by atoms with Crippen molar-refractivity contribution >= 4 is 37.7 Å². The van der Waals surface area contributed by atoms with Crippen molar-refractivity contribution in [3.05, 3.63) is 0 Å². The van der Waals surface area contributed by atoms with Crippen LogP contribution in [0, 0.1) is 0 Å². The van der Waals surface area contributed by atoms with Crippen LogP contribution in [0.4, 0.5) is 13.2 Å². The fourth-order valence-electron chi connectivity index (χ4n) is 10.6. The second-order valence-electron chi connectivity index (χ2n) is 21.1. The third-order valence-corrected chi connectivity index (χ3v) is 15.3. The molecule has 2 amide bonds. The average molecular weight is 1360 g/mol. The summed E-state index contributed by atoms with van der Waals surface area (Å²) >= 11 is 0. The predicted octanol–water partition coefficient (Wildman–Crippen LogP) is -14.3. The number of aliphatic hydroxyl groups is 15. The number of methoxy groups -OCH3 is 1. The minimum atomic E-state index is -5.80. The maximum atomic E-state index is 14.0. The van der Waals surface area contributed by atoms with Gasteiger partial charge in [0.2, 0.25) is 31.1 Å². The summed E-state index contributed by atoms with van der Waals surface area (Å²) in [6.07, 6.45) is -75.3. The number of nitrogens with one attached hydrogen (secondary N) is 2. The van der Waals surface area contributed by atoms with E-state index < -0.39 is 253 Å². The van der Waals surface area contributed by atoms with Crippen molar-refractivity contribution in [1.82, 2.24) is 10.6 Å². The first-order valence-electron chi connectivity index (χ1n) is 27.3. The molecule has 0 aromatic carbocycles. The van der Waals surface area contributed by atoms with Crippen LogP contribution in [0.25, 0.3) is 0 Å². The van der Waals surface area contributed by atoms with Gasteiger partial charge in [-0.1, -0.05) is 0 Å². The van der Waals surface area contributed by atoms with Crippen LogP contribution in [0.1, 0.15) is 6.92 Å². The second-order valence-corrected chi connectivity index (χ2v) is 21.1. The number of rotatable bonds is 26. The van der Waals surface area contributed by atoms with Crippen molar-refractivity contribution in [1.29, 1.82) is 0 Å². The Kier molecular flexibility index (Phi) is 26.4. The number of halogens is 3. The number of carbonyl (C=O) groups excluding carboxylic acids is 6. The Balaban J connectivity index is 1.08. The number of hydrogen-bond donors (Lipinski definition) is 18. The monoisotopic (exact) mass is 1360 g/mol. The maximum Gasteiger partial charge on any atom is 0.471 e. The van der Waals surface area contributed by atoms with Gasteiger partial charge in [0.15, 0.2) is 62.3 Å². The summed E-state index contributed by atoms with van der Waals surface area (Å²) in [4.78, 5) is 71.4. The van der Waals surface area contributed by atoms with Crippen molar-refractivity contribution in [3.63, 3.8) is 0 Å². The number of nitrogens with two attached hydrogens (primary N) is 1. The van der Waals surface area contributed by atoms with Gasteiger partial charge in [-0.15, -0.1) is 0 Å². The van der Waals surface area contributed by atoms with Crippen molar-refractivity contribution in [2.24, 2.45) is 5.73 Å². The molecule has 7 saturated heterocycles. The second kappa shape index (κ2) is 32.4. The number of amides is 2. The molecule has 0 spiro atoms. The summed E-state index contributed by atoms with van der Waals surface area (Å²) in [6, 6.07) is -6.41. The van der Waals surface area contributed by atoms with E-state index in [1.54, 1.807) is 0 Å². The van der Waals surface area contributed by atoms with Crippen LogP contribution in [0.3, 0.4) is 0 Å². The lowest BCUT2D eigenvalue weighted by Gasteiger charge is -2.50. The molecule has 7 aliphatic heterocycles. The lowest BCUT2D eigenvalue weighted by atomic mass is 9.95. The van der Waals surface area contributed by atoms with Gasteiger partial charge in [0.25, 0.3) is 25.9 Å². The van der Waals surface area contributed by atoms with Crippen molar-refractivity contribution in [2.45, 2.75) is 229 Å². The molecule has 0 radical (unpaired) electrons. The van der Waals surface area contributed by atoms with E-state index in [0.29, 0.717) is 0 Å². The van der Waals surface area contributed by atoms with Crippen LogP contribution < -0.4 is 16.4 Å². The predicted molar refractivity (Wildman–Crippen MR) is 262 cm³/mol. The van der Waals surface area contributed by atoms with E-state index in [9.17, 15) is 119 Å². The molecule has 528 valence electrons. The number of carbonyl (C=O) groups is 6. The van der Waals surface area contributed by atoms with E-state index in [1.807, 2.05) is 0 Å². The minimum Gasteiger partial charge on any atom is -0.435 e. The molecule has 7 rings (SSSR count). The number of ether oxygens (including phenoxy) is 18. The topological polar surface area (TPSA) is 622 Å². The van der Waals surface area contributed by atoms with Crippen molar-refractivity contribution in [2.75, 3.05) is 26.9 Å². The molecule has 0 aromatic heterocycles. The molecular weight excluding hydrogens is 1290 g/mol. The number of hydrogen-bond acceptors (Lipinski definition) is 40. The van der Waals surface area contributed by atoms with Crippen LogP contribution >= 0.6 is 0 Å². The lowest BCUT2D eigenvalue weighted by molar-refractivity contribution is -0.406. The zero-order valence-electron chi connectivity index (χ0n) is 47.4. The Labute approximate surface area is 512 Å². The fourth-order valence-corrected chi connectivity index (χ4v) is 10.6. The average Bonchev–Trinajstić information content (AvgIpc) is 0.805. The summed E-state index contributed by atoms with van der Waals surface area (Å²) in [5.74, 6) is -3.81. The third-order valence-electron chi connectivity index (χ3n) is 15.3. The molecule has 35 atom stereocenters. The highest BCUT2D eigenvalue weighted by Crippen LogP contribution is 2.38. The molecule has 14 unspecified atom stereocenters. The third kappa shape index (κ3) is 16.3. The van der Waals surface area contributed by atoms with Gasteiger partial charge in [-0.25, -0.2) is 0 Å². The standard InChI is InChI=1S/C47H70F3N3O39/c1-10(61)52-16-31(17(62)11(3-54)80-37(16)88-33-21(66)26(71)38(75-2)89-43(33)77-7-58)85-42-28(73)23(68)34(45(92-42)79-9-60)87-36-15(53-46(74)47(48,49)50)19(64)30(13(5-56)82-36)84-41-27(72)22(67)32(44(91-41)78-8-59)86-35-14(51)18(63)29(12(4-55)81-35)83-40-25(70)20(65)24(69)39(90-40)76-6-57/h6-9,11-45,54-56,62-73H,3-5,51H2,1-2H3,(H,52,61)(H,53,74)/t11?,12?,13?,14?,15?,16?,17-,18+,19+,20-,21+,22+,23+,24-,25?,26?,27?,28?,29+,30+,31+,32-,33-,34-,35+,36+,37-,38+,39?,40+,41+,42+,43?,44?,45?/m0/s1. The Morgan fingerprint density at radius 1 is 0.402 bits per heavy atom. The Morgan fingerprint density at radius 2 is 0.750 bits per heavy atom. The SMILES string of the molecule is CO[C@@H]1OC(OC=O)[C@@H](O[C@@H]2OC(CO)[C@H](O)[C@H](O[C@@H]3OC(OC=O)[C@@H](O[C@H]4OC(CO)[C@@H](O[C@@H]5OC(OC=O)[C@@H](O[C@H]6OC(CO)[C@@H](O[C@@H]7OC(OC=O)[C@@H](O)[C@H](O)C7O)[C@H](O)C6N)[C@H](O)C5O)[C@H](O)C4NC(=O)C(F)(F)F)[C@H](O)C3O)C2NC(C)=O)[C@H](O)C1O. The number of alkyl halides is 3. The normalized spacial score (nSPS) is 46.8. The summed E-state index contributed by atoms with van der Waals surface area (Å²) in [6.45, 7) is -3.67. The van der Waals surface area contributed by atoms with Gasteiger partial charge < -0.3 is 178 Å². The quantitative estimate of drug-likeness (QED) is 0.0282. The molecule has 0 saturated carbocycles. The van der Waals surface area contributed by atoms with Crippen molar-refractivity contribution in [3.8, 4) is 0 Å². The number of aliphatic hydroxyl groups excluding tert-OH is 15. The highest BCUT2D eigenvalue weighted by atomic mass is 19.4. The molecule has 7 fully saturated rings. The molecule has 92 heavy (non-hydrogen) atoms. The Hall–Kier alpha value is -4.59. The van der Waals surface area contributed by atoms with Crippen LogP contribution in [0.5, 0.6) is 0 Å². The first-order valence-corrected chi connectivity index (χ1v) is 27.3. The Bertz CT molecular complexity index is 2400. The molecule has 0 aliphatic carbocycles. The zero-order valence-corrected chi connectivity index (χ0v) is 47.4. The molecule has 19 N–H and O–H groups in total. The van der Waals surface area contributed by atoms with Gasteiger partial charge in [-0.2, -0.15) is 13.2 Å². The largest absolute Gasteiger partial charge is 0.471 e. The van der Waals surface area contributed by atoms with E-state index in [4.69, 9.17) is 86.3 Å². The first kappa shape index (κ1) is 74.8. The smallest absolute Gasteiger partial charge is 0.435 e. The highest BCUT2D eigenvalue weighted by molar-refractivity contribution is 5.82. The van der Waals surface area contributed by atoms with Gasteiger partial charge in [-0.3, -0.25) is 28.8 Å². The molecule has 7 aliphatic rings. The molecule has 0 bridgehead atoms. The maximum absolute atomic E-state index is 14.0. The van der Waals surface area contributed by atoms with Crippen LogP contribution in [0.15, 0.2) is 0 Å². The molecule has 7 heterocycles. The summed E-state index contributed by atoms with van der Waals surface area (Å²) < 4.78 is 139. The van der Waals surface area contributed by atoms with Gasteiger partial charge in [0.1, 0.15) is 122 Å². The lowest BCUT2D eigenvalue weighted by Crippen LogP contribution is -2.71. The minimum absolute atomic E-state index is 0.147. The highest BCUT2D eigenvalue weighted by Gasteiger charge is 2.60. The summed E-state index contributed by atoms with van der Waals surface area (Å²) in [7, 11) is 1.05. The fraction of sp³-hybridized carbons (Fsp3) is 0.872.